The van der Waals surface area contributed by atoms with Crippen molar-refractivity contribution in [3.63, 3.8) is 0 Å². The van der Waals surface area contributed by atoms with Gasteiger partial charge in [-0.1, -0.05) is 26.0 Å². The average Bonchev–Trinajstić information content (AvgIpc) is 2.54. The largest absolute Gasteiger partial charge is 0.368 e. The first kappa shape index (κ1) is 16.9. The zero-order chi connectivity index (χ0) is 16.8. The summed E-state index contributed by atoms with van der Waals surface area (Å²) in [4.78, 5) is 21.0. The van der Waals surface area contributed by atoms with Crippen molar-refractivity contribution in [1.29, 1.82) is 0 Å². The first-order chi connectivity index (χ1) is 11.0. The molecule has 23 heavy (non-hydrogen) atoms. The highest BCUT2D eigenvalue weighted by Gasteiger charge is 2.12. The Morgan fingerprint density at radius 1 is 1.17 bits per heavy atom. The number of rotatable bonds is 6. The van der Waals surface area contributed by atoms with Crippen LogP contribution >= 0.6 is 0 Å². The molecule has 0 fully saturated rings. The molecule has 1 unspecified atom stereocenters. The number of anilines is 2. The van der Waals surface area contributed by atoms with E-state index in [0.29, 0.717) is 23.4 Å². The van der Waals surface area contributed by atoms with Gasteiger partial charge in [-0.25, -0.2) is 9.97 Å². The van der Waals surface area contributed by atoms with Crippen molar-refractivity contribution in [3.05, 3.63) is 47.4 Å². The monoisotopic (exact) mass is 312 g/mol. The molecule has 0 bridgehead atoms. The van der Waals surface area contributed by atoms with Gasteiger partial charge in [0, 0.05) is 17.8 Å². The summed E-state index contributed by atoms with van der Waals surface area (Å²) < 4.78 is 0. The smallest absolute Gasteiger partial charge is 0.274 e. The van der Waals surface area contributed by atoms with E-state index in [2.05, 4.69) is 41.4 Å². The molecule has 0 aliphatic carbocycles. The molecule has 1 atom stereocenters. The number of nitrogens with zero attached hydrogens (tertiary/aromatic N) is 2. The number of aryl methyl sites for hydroxylation is 2. The second-order valence-corrected chi connectivity index (χ2v) is 5.64. The van der Waals surface area contributed by atoms with Gasteiger partial charge in [0.2, 0.25) is 0 Å². The number of aromatic nitrogens is 2. The summed E-state index contributed by atoms with van der Waals surface area (Å²) in [6.07, 6.45) is 1.96. The topological polar surface area (TPSA) is 66.9 Å². The van der Waals surface area contributed by atoms with E-state index in [1.165, 1.54) is 5.56 Å². The summed E-state index contributed by atoms with van der Waals surface area (Å²) in [5.41, 5.74) is 2.36. The predicted octanol–water partition coefficient (Wildman–Crippen LogP) is 3.81. The first-order valence-corrected chi connectivity index (χ1v) is 8.04. The minimum absolute atomic E-state index is 0.230. The molecule has 2 rings (SSSR count). The maximum absolute atomic E-state index is 12.4. The van der Waals surface area contributed by atoms with Crippen LogP contribution in [0.2, 0.25) is 0 Å². The Bertz CT molecular complexity index is 667. The van der Waals surface area contributed by atoms with Gasteiger partial charge in [0.15, 0.2) is 0 Å². The maximum atomic E-state index is 12.4. The zero-order valence-electron chi connectivity index (χ0n) is 14.2. The van der Waals surface area contributed by atoms with Crippen molar-refractivity contribution in [2.75, 3.05) is 10.6 Å². The minimum Gasteiger partial charge on any atom is -0.368 e. The fraction of sp³-hybridized carbons (Fsp3) is 0.389. The molecule has 0 saturated carbocycles. The van der Waals surface area contributed by atoms with Gasteiger partial charge in [0.05, 0.1) is 0 Å². The molecule has 0 aliphatic heterocycles. The number of carbonyl (C=O) groups excluding carboxylic acids is 1. The van der Waals surface area contributed by atoms with Gasteiger partial charge >= 0.3 is 0 Å². The number of amides is 1. The molecule has 2 N–H and O–H groups in total. The summed E-state index contributed by atoms with van der Waals surface area (Å²) >= 11 is 0. The van der Waals surface area contributed by atoms with Crippen molar-refractivity contribution in [2.24, 2.45) is 0 Å². The number of nitrogens with one attached hydrogen (secondary N) is 2. The van der Waals surface area contributed by atoms with Crippen molar-refractivity contribution < 1.29 is 4.79 Å². The minimum atomic E-state index is -0.230. The molecular formula is C18H24N4O. The zero-order valence-corrected chi connectivity index (χ0v) is 14.2. The average molecular weight is 312 g/mol. The van der Waals surface area contributed by atoms with Crippen LogP contribution in [-0.4, -0.2) is 21.9 Å². The Hall–Kier alpha value is -2.43. The second kappa shape index (κ2) is 7.72. The second-order valence-electron chi connectivity index (χ2n) is 5.64. The molecule has 0 aliphatic rings. The Morgan fingerprint density at radius 3 is 2.48 bits per heavy atom. The first-order valence-electron chi connectivity index (χ1n) is 8.04. The number of carbonyl (C=O) groups is 1. The van der Waals surface area contributed by atoms with E-state index in [-0.39, 0.29) is 5.91 Å². The van der Waals surface area contributed by atoms with Crippen molar-refractivity contribution >= 4 is 17.4 Å². The number of benzene rings is 1. The molecule has 5 nitrogen and oxygen atoms in total. The molecule has 0 radical (unpaired) electrons. The van der Waals surface area contributed by atoms with Crippen molar-refractivity contribution in [1.82, 2.24) is 9.97 Å². The van der Waals surface area contributed by atoms with E-state index in [1.54, 1.807) is 13.0 Å². The normalized spacial score (nSPS) is 11.8. The number of hydrogen-bond acceptors (Lipinski definition) is 4. The third kappa shape index (κ3) is 4.77. The molecule has 1 aromatic carbocycles. The lowest BCUT2D eigenvalue weighted by Gasteiger charge is -2.13. The van der Waals surface area contributed by atoms with Crippen LogP contribution in [0, 0.1) is 6.92 Å². The lowest BCUT2D eigenvalue weighted by Crippen LogP contribution is -2.18. The van der Waals surface area contributed by atoms with Gasteiger partial charge in [-0.05, 0) is 44.4 Å². The van der Waals surface area contributed by atoms with E-state index in [1.807, 2.05) is 24.3 Å². The van der Waals surface area contributed by atoms with Crippen LogP contribution < -0.4 is 10.6 Å². The summed E-state index contributed by atoms with van der Waals surface area (Å²) in [5, 5.41) is 6.15. The standard InChI is InChI=1S/C18H24N4O/c1-5-12(3)19-17-11-16(20-13(4)21-17)18(23)22-15-9-7-14(6-2)8-10-15/h7-12H,5-6H2,1-4H3,(H,22,23)(H,19,20,21). The fourth-order valence-corrected chi connectivity index (χ4v) is 2.13. The molecule has 1 aromatic heterocycles. The van der Waals surface area contributed by atoms with E-state index in [9.17, 15) is 4.79 Å². The van der Waals surface area contributed by atoms with E-state index >= 15 is 0 Å². The van der Waals surface area contributed by atoms with Gasteiger partial charge in [-0.15, -0.1) is 0 Å². The van der Waals surface area contributed by atoms with Crippen LogP contribution in [0.4, 0.5) is 11.5 Å². The van der Waals surface area contributed by atoms with E-state index < -0.39 is 0 Å². The molecular weight excluding hydrogens is 288 g/mol. The SMILES string of the molecule is CCc1ccc(NC(=O)c2cc(NC(C)CC)nc(C)n2)cc1. The van der Waals surface area contributed by atoms with Gasteiger partial charge in [-0.3, -0.25) is 4.79 Å². The van der Waals surface area contributed by atoms with Gasteiger partial charge < -0.3 is 10.6 Å². The maximum Gasteiger partial charge on any atom is 0.274 e. The van der Waals surface area contributed by atoms with E-state index in [4.69, 9.17) is 0 Å². The van der Waals surface area contributed by atoms with Crippen LogP contribution in [0.1, 0.15) is 49.1 Å². The molecule has 2 aromatic rings. The third-order valence-electron chi connectivity index (χ3n) is 3.70. The quantitative estimate of drug-likeness (QED) is 0.851. The van der Waals surface area contributed by atoms with Crippen molar-refractivity contribution in [3.8, 4) is 0 Å². The Kier molecular flexibility index (Phi) is 5.68. The Balaban J connectivity index is 2.14. The molecule has 0 saturated heterocycles. The molecule has 1 amide bonds. The summed E-state index contributed by atoms with van der Waals surface area (Å²) in [6, 6.07) is 9.82. The summed E-state index contributed by atoms with van der Waals surface area (Å²) in [5.74, 6) is 1.02. The lowest BCUT2D eigenvalue weighted by atomic mass is 10.1. The van der Waals surface area contributed by atoms with Crippen LogP contribution in [0.5, 0.6) is 0 Å². The summed E-state index contributed by atoms with van der Waals surface area (Å²) in [7, 11) is 0. The highest BCUT2D eigenvalue weighted by molar-refractivity contribution is 6.03. The van der Waals surface area contributed by atoms with Crippen molar-refractivity contribution in [2.45, 2.75) is 46.6 Å². The molecule has 5 heteroatoms. The lowest BCUT2D eigenvalue weighted by molar-refractivity contribution is 0.102. The highest BCUT2D eigenvalue weighted by Crippen LogP contribution is 2.13. The molecule has 122 valence electrons. The van der Waals surface area contributed by atoms with Gasteiger partial charge in [-0.2, -0.15) is 0 Å². The third-order valence-corrected chi connectivity index (χ3v) is 3.70. The number of hydrogen-bond donors (Lipinski definition) is 2. The fourth-order valence-electron chi connectivity index (χ4n) is 2.13. The Morgan fingerprint density at radius 2 is 1.87 bits per heavy atom. The highest BCUT2D eigenvalue weighted by atomic mass is 16.1. The molecule has 0 spiro atoms. The Labute approximate surface area is 137 Å². The van der Waals surface area contributed by atoms with Crippen LogP contribution in [0.3, 0.4) is 0 Å². The van der Waals surface area contributed by atoms with Crippen LogP contribution in [0.25, 0.3) is 0 Å². The predicted molar refractivity (Wildman–Crippen MR) is 93.9 cm³/mol. The molecule has 1 heterocycles. The van der Waals surface area contributed by atoms with Crippen LogP contribution in [-0.2, 0) is 6.42 Å². The van der Waals surface area contributed by atoms with Gasteiger partial charge in [0.1, 0.15) is 17.3 Å². The van der Waals surface area contributed by atoms with Gasteiger partial charge in [0.25, 0.3) is 5.91 Å². The van der Waals surface area contributed by atoms with E-state index in [0.717, 1.165) is 18.5 Å². The summed E-state index contributed by atoms with van der Waals surface area (Å²) in [6.45, 7) is 8.06. The van der Waals surface area contributed by atoms with Crippen LogP contribution in [0.15, 0.2) is 30.3 Å².